The highest BCUT2D eigenvalue weighted by Gasteiger charge is 2.04. The molecule has 16 heavy (non-hydrogen) atoms. The molecule has 0 aliphatic rings. The Bertz CT molecular complexity index is 492. The highest BCUT2D eigenvalue weighted by Crippen LogP contribution is 2.30. The molecule has 84 valence electrons. The molecule has 2 rings (SSSR count). The van der Waals surface area contributed by atoms with Crippen LogP contribution in [0.5, 0.6) is 0 Å². The fourth-order valence-electron chi connectivity index (χ4n) is 1.39. The highest BCUT2D eigenvalue weighted by atomic mass is 32.2. The number of hydrogen-bond acceptors (Lipinski definition) is 4. The Morgan fingerprint density at radius 2 is 2.19 bits per heavy atom. The van der Waals surface area contributed by atoms with Crippen LogP contribution in [-0.2, 0) is 5.75 Å². The normalized spacial score (nSPS) is 10.6. The fraction of sp³-hybridized carbons (Fsp3) is 0.250. The molecular weight excluding hydrogens is 236 g/mol. The zero-order valence-electron chi connectivity index (χ0n) is 9.36. The van der Waals surface area contributed by atoms with Crippen molar-refractivity contribution in [1.29, 1.82) is 0 Å². The first-order valence-electron chi connectivity index (χ1n) is 5.05. The standard InChI is InChI=1S/C12H14N2S2/c1-8-4-3-5-10(12(8)13)15-7-11-14-9(2)6-16-11/h3-6H,7,13H2,1-2H3. The van der Waals surface area contributed by atoms with E-state index in [-0.39, 0.29) is 0 Å². The number of nitrogens with zero attached hydrogens (tertiary/aromatic N) is 1. The number of aromatic nitrogens is 1. The molecule has 1 aromatic carbocycles. The van der Waals surface area contributed by atoms with Gasteiger partial charge in [-0.25, -0.2) is 4.98 Å². The van der Waals surface area contributed by atoms with Crippen molar-refractivity contribution in [2.75, 3.05) is 5.73 Å². The van der Waals surface area contributed by atoms with E-state index < -0.39 is 0 Å². The molecule has 2 aromatic rings. The third kappa shape index (κ3) is 2.57. The van der Waals surface area contributed by atoms with E-state index in [9.17, 15) is 0 Å². The maximum atomic E-state index is 6.01. The minimum Gasteiger partial charge on any atom is -0.398 e. The van der Waals surface area contributed by atoms with Crippen LogP contribution < -0.4 is 5.73 Å². The van der Waals surface area contributed by atoms with Crippen molar-refractivity contribution < 1.29 is 0 Å². The second kappa shape index (κ2) is 4.89. The van der Waals surface area contributed by atoms with Gasteiger partial charge in [0.2, 0.25) is 0 Å². The molecule has 0 saturated heterocycles. The number of thioether (sulfide) groups is 1. The van der Waals surface area contributed by atoms with Crippen LogP contribution in [0.1, 0.15) is 16.3 Å². The number of benzene rings is 1. The lowest BCUT2D eigenvalue weighted by Gasteiger charge is -2.06. The number of nitrogen functional groups attached to an aromatic ring is 1. The first-order valence-corrected chi connectivity index (χ1v) is 6.92. The van der Waals surface area contributed by atoms with Crippen LogP contribution in [-0.4, -0.2) is 4.98 Å². The van der Waals surface area contributed by atoms with Gasteiger partial charge in [0.15, 0.2) is 0 Å². The van der Waals surface area contributed by atoms with E-state index in [2.05, 4.69) is 16.4 Å². The van der Waals surface area contributed by atoms with Crippen molar-refractivity contribution in [1.82, 2.24) is 4.98 Å². The predicted molar refractivity (Wildman–Crippen MR) is 72.0 cm³/mol. The zero-order chi connectivity index (χ0) is 11.5. The second-order valence-electron chi connectivity index (χ2n) is 3.66. The van der Waals surface area contributed by atoms with E-state index in [4.69, 9.17) is 5.73 Å². The minimum absolute atomic E-state index is 0.890. The Balaban J connectivity index is 2.07. The molecule has 0 radical (unpaired) electrons. The van der Waals surface area contributed by atoms with Crippen LogP contribution in [0.3, 0.4) is 0 Å². The summed E-state index contributed by atoms with van der Waals surface area (Å²) in [6, 6.07) is 6.14. The SMILES string of the molecule is Cc1csc(CSc2cccc(C)c2N)n1. The van der Waals surface area contributed by atoms with Gasteiger partial charge in [-0.3, -0.25) is 0 Å². The summed E-state index contributed by atoms with van der Waals surface area (Å²) < 4.78 is 0. The summed E-state index contributed by atoms with van der Waals surface area (Å²) in [6.07, 6.45) is 0. The largest absolute Gasteiger partial charge is 0.398 e. The molecule has 1 heterocycles. The van der Waals surface area contributed by atoms with Gasteiger partial charge in [0, 0.05) is 21.7 Å². The lowest BCUT2D eigenvalue weighted by atomic mass is 10.2. The number of anilines is 1. The molecule has 0 atom stereocenters. The van der Waals surface area contributed by atoms with Gasteiger partial charge in [0.05, 0.1) is 5.75 Å². The van der Waals surface area contributed by atoms with Gasteiger partial charge in [0.1, 0.15) is 5.01 Å². The molecule has 0 aliphatic heterocycles. The van der Waals surface area contributed by atoms with Gasteiger partial charge in [-0.15, -0.1) is 23.1 Å². The molecule has 0 spiro atoms. The molecule has 2 nitrogen and oxygen atoms in total. The van der Waals surface area contributed by atoms with Crippen molar-refractivity contribution in [2.24, 2.45) is 0 Å². The lowest BCUT2D eigenvalue weighted by Crippen LogP contribution is -1.92. The summed E-state index contributed by atoms with van der Waals surface area (Å²) >= 11 is 3.46. The summed E-state index contributed by atoms with van der Waals surface area (Å²) in [5, 5.41) is 3.23. The Labute approximate surface area is 104 Å². The van der Waals surface area contributed by atoms with Crippen molar-refractivity contribution in [2.45, 2.75) is 24.5 Å². The number of rotatable bonds is 3. The molecule has 0 fully saturated rings. The van der Waals surface area contributed by atoms with E-state index in [1.54, 1.807) is 23.1 Å². The maximum Gasteiger partial charge on any atom is 0.103 e. The smallest absolute Gasteiger partial charge is 0.103 e. The third-order valence-corrected chi connectivity index (χ3v) is 4.54. The Kier molecular flexibility index (Phi) is 3.51. The van der Waals surface area contributed by atoms with Crippen molar-refractivity contribution in [3.63, 3.8) is 0 Å². The Morgan fingerprint density at radius 3 is 2.88 bits per heavy atom. The van der Waals surface area contributed by atoms with Gasteiger partial charge >= 0.3 is 0 Å². The van der Waals surface area contributed by atoms with Crippen molar-refractivity contribution in [3.05, 3.63) is 39.8 Å². The predicted octanol–water partition coefficient (Wildman–Crippen LogP) is 3.63. The van der Waals surface area contributed by atoms with E-state index in [0.717, 1.165) is 32.6 Å². The fourth-order valence-corrected chi connectivity index (χ4v) is 3.23. The van der Waals surface area contributed by atoms with E-state index in [1.165, 1.54) is 0 Å². The summed E-state index contributed by atoms with van der Waals surface area (Å²) in [6.45, 7) is 4.05. The Morgan fingerprint density at radius 1 is 1.38 bits per heavy atom. The molecule has 0 aliphatic carbocycles. The summed E-state index contributed by atoms with van der Waals surface area (Å²) in [5.74, 6) is 0.895. The number of aryl methyl sites for hydroxylation is 2. The quantitative estimate of drug-likeness (QED) is 0.668. The van der Waals surface area contributed by atoms with Crippen LogP contribution in [0.4, 0.5) is 5.69 Å². The molecule has 1 aromatic heterocycles. The first kappa shape index (κ1) is 11.5. The molecule has 2 N–H and O–H groups in total. The van der Waals surface area contributed by atoms with Crippen LogP contribution in [0, 0.1) is 13.8 Å². The molecular formula is C12H14N2S2. The molecule has 0 saturated carbocycles. The van der Waals surface area contributed by atoms with Gasteiger partial charge in [0.25, 0.3) is 0 Å². The average molecular weight is 250 g/mol. The van der Waals surface area contributed by atoms with Crippen LogP contribution in [0.2, 0.25) is 0 Å². The highest BCUT2D eigenvalue weighted by molar-refractivity contribution is 7.98. The molecule has 0 bridgehead atoms. The van der Waals surface area contributed by atoms with E-state index in [0.29, 0.717) is 0 Å². The lowest BCUT2D eigenvalue weighted by molar-refractivity contribution is 1.18. The monoisotopic (exact) mass is 250 g/mol. The topological polar surface area (TPSA) is 38.9 Å². The zero-order valence-corrected chi connectivity index (χ0v) is 11.0. The minimum atomic E-state index is 0.890. The van der Waals surface area contributed by atoms with Gasteiger partial charge < -0.3 is 5.73 Å². The summed E-state index contributed by atoms with van der Waals surface area (Å²) in [5.41, 5.74) is 9.14. The summed E-state index contributed by atoms with van der Waals surface area (Å²) in [7, 11) is 0. The first-order chi connectivity index (χ1) is 7.66. The van der Waals surface area contributed by atoms with Crippen molar-refractivity contribution in [3.8, 4) is 0 Å². The number of thiazole rings is 1. The number of hydrogen-bond donors (Lipinski definition) is 1. The molecule has 0 unspecified atom stereocenters. The van der Waals surface area contributed by atoms with E-state index >= 15 is 0 Å². The number of para-hydroxylation sites is 1. The third-order valence-electron chi connectivity index (χ3n) is 2.30. The Hall–Kier alpha value is -1.00. The molecule has 0 amide bonds. The summed E-state index contributed by atoms with van der Waals surface area (Å²) in [4.78, 5) is 5.58. The maximum absolute atomic E-state index is 6.01. The van der Waals surface area contributed by atoms with Crippen molar-refractivity contribution >= 4 is 28.8 Å². The van der Waals surface area contributed by atoms with Gasteiger partial charge in [-0.1, -0.05) is 12.1 Å². The van der Waals surface area contributed by atoms with Crippen LogP contribution in [0.25, 0.3) is 0 Å². The average Bonchev–Trinajstić information content (AvgIpc) is 2.67. The van der Waals surface area contributed by atoms with Crippen LogP contribution in [0.15, 0.2) is 28.5 Å². The number of nitrogens with two attached hydrogens (primary N) is 1. The van der Waals surface area contributed by atoms with E-state index in [1.807, 2.05) is 26.0 Å². The van der Waals surface area contributed by atoms with Gasteiger partial charge in [-0.05, 0) is 25.5 Å². The van der Waals surface area contributed by atoms with Gasteiger partial charge in [-0.2, -0.15) is 0 Å². The second-order valence-corrected chi connectivity index (χ2v) is 5.62. The molecule has 4 heteroatoms. The van der Waals surface area contributed by atoms with Crippen LogP contribution >= 0.6 is 23.1 Å².